The van der Waals surface area contributed by atoms with Crippen LogP contribution in [0.5, 0.6) is 5.88 Å². The van der Waals surface area contributed by atoms with Gasteiger partial charge in [0.1, 0.15) is 12.1 Å². The number of hydrogen-bond donors (Lipinski definition) is 0. The molecule has 3 heteroatoms. The highest BCUT2D eigenvalue weighted by Gasteiger charge is 2.30. The summed E-state index contributed by atoms with van der Waals surface area (Å²) in [6, 6.07) is 15.1. The van der Waals surface area contributed by atoms with Crippen molar-refractivity contribution in [2.45, 2.75) is 6.54 Å². The van der Waals surface area contributed by atoms with Crippen LogP contribution in [0.15, 0.2) is 48.7 Å². The van der Waals surface area contributed by atoms with Gasteiger partial charge in [0.2, 0.25) is 0 Å². The molecule has 1 aliphatic heterocycles. The number of imidazole rings is 1. The van der Waals surface area contributed by atoms with Crippen molar-refractivity contribution in [3.63, 3.8) is 0 Å². The molecule has 3 heterocycles. The van der Waals surface area contributed by atoms with Crippen LogP contribution in [0.1, 0.15) is 5.56 Å². The SMILES string of the molecule is COc1cn2c3ccccc3c3cccc4c3c2[n+]1C4. The van der Waals surface area contributed by atoms with E-state index in [1.807, 2.05) is 0 Å². The second-order valence-corrected chi connectivity index (χ2v) is 5.31. The zero-order chi connectivity index (χ0) is 13.3. The predicted octanol–water partition coefficient (Wildman–Crippen LogP) is 2.90. The Morgan fingerprint density at radius 2 is 1.90 bits per heavy atom. The monoisotopic (exact) mass is 261 g/mol. The van der Waals surface area contributed by atoms with E-state index in [1.54, 1.807) is 7.11 Å². The Morgan fingerprint density at radius 3 is 2.80 bits per heavy atom. The van der Waals surface area contributed by atoms with Gasteiger partial charge in [0, 0.05) is 16.3 Å². The summed E-state index contributed by atoms with van der Waals surface area (Å²) < 4.78 is 10.1. The van der Waals surface area contributed by atoms with Crippen molar-refractivity contribution in [3.05, 3.63) is 54.2 Å². The van der Waals surface area contributed by atoms with E-state index in [2.05, 4.69) is 57.6 Å². The topological polar surface area (TPSA) is 17.5 Å². The molecule has 4 aromatic rings. The van der Waals surface area contributed by atoms with Crippen molar-refractivity contribution in [1.82, 2.24) is 4.40 Å². The van der Waals surface area contributed by atoms with Gasteiger partial charge in [-0.15, -0.1) is 0 Å². The van der Waals surface area contributed by atoms with Gasteiger partial charge in [0.05, 0.1) is 12.5 Å². The molecule has 96 valence electrons. The number of rotatable bonds is 1. The molecule has 0 radical (unpaired) electrons. The van der Waals surface area contributed by atoms with Gasteiger partial charge in [0.15, 0.2) is 6.20 Å². The number of methoxy groups -OCH3 is 1. The van der Waals surface area contributed by atoms with Gasteiger partial charge in [-0.3, -0.25) is 0 Å². The third-order valence-corrected chi connectivity index (χ3v) is 4.36. The van der Waals surface area contributed by atoms with Gasteiger partial charge in [0.25, 0.3) is 5.65 Å². The van der Waals surface area contributed by atoms with Crippen LogP contribution in [-0.2, 0) is 6.54 Å². The summed E-state index contributed by atoms with van der Waals surface area (Å²) in [6.45, 7) is 0.892. The molecule has 0 amide bonds. The maximum absolute atomic E-state index is 5.55. The molecule has 0 unspecified atom stereocenters. The van der Waals surface area contributed by atoms with E-state index >= 15 is 0 Å². The second kappa shape index (κ2) is 3.31. The van der Waals surface area contributed by atoms with E-state index in [0.717, 1.165) is 12.4 Å². The van der Waals surface area contributed by atoms with Crippen LogP contribution in [0.3, 0.4) is 0 Å². The molecule has 20 heavy (non-hydrogen) atoms. The molecule has 5 rings (SSSR count). The Labute approximate surface area is 115 Å². The zero-order valence-electron chi connectivity index (χ0n) is 11.1. The molecule has 0 spiro atoms. The van der Waals surface area contributed by atoms with Crippen molar-refractivity contribution < 1.29 is 9.30 Å². The van der Waals surface area contributed by atoms with Gasteiger partial charge in [-0.25, -0.2) is 0 Å². The standard InChI is InChI=1S/C17H13N2O/c1-20-15-10-18-14-8-3-2-6-12(14)13-7-4-5-11-9-19(15)17(18)16(11)13/h2-8,10H,9H2,1H3/q+1. The summed E-state index contributed by atoms with van der Waals surface area (Å²) in [4.78, 5) is 0. The smallest absolute Gasteiger partial charge is 0.325 e. The maximum Gasteiger partial charge on any atom is 0.325 e. The van der Waals surface area contributed by atoms with Crippen molar-refractivity contribution in [1.29, 1.82) is 0 Å². The van der Waals surface area contributed by atoms with Crippen molar-refractivity contribution in [2.75, 3.05) is 7.11 Å². The molecule has 0 fully saturated rings. The van der Waals surface area contributed by atoms with Crippen LogP contribution >= 0.6 is 0 Å². The minimum absolute atomic E-state index is 0.892. The Bertz CT molecular complexity index is 1010. The number of ether oxygens (including phenoxy) is 1. The van der Waals surface area contributed by atoms with Crippen LogP contribution < -0.4 is 9.30 Å². The number of para-hydroxylation sites is 1. The fourth-order valence-corrected chi connectivity index (χ4v) is 3.53. The number of aromatic nitrogens is 2. The highest BCUT2D eigenvalue weighted by Crippen LogP contribution is 2.35. The number of nitrogens with zero attached hydrogens (tertiary/aromatic N) is 2. The maximum atomic E-state index is 5.55. The largest absolute Gasteiger partial charge is 0.463 e. The third-order valence-electron chi connectivity index (χ3n) is 4.36. The summed E-state index contributed by atoms with van der Waals surface area (Å²) in [7, 11) is 1.74. The third kappa shape index (κ3) is 1.01. The van der Waals surface area contributed by atoms with Crippen molar-refractivity contribution in [2.24, 2.45) is 0 Å². The fourth-order valence-electron chi connectivity index (χ4n) is 3.53. The first-order valence-corrected chi connectivity index (χ1v) is 6.79. The van der Waals surface area contributed by atoms with Crippen molar-refractivity contribution >= 4 is 27.3 Å². The molecule has 0 atom stereocenters. The zero-order valence-corrected chi connectivity index (χ0v) is 11.1. The van der Waals surface area contributed by atoms with Crippen LogP contribution in [0.2, 0.25) is 0 Å². The summed E-state index contributed by atoms with van der Waals surface area (Å²) >= 11 is 0. The normalized spacial score (nSPS) is 13.1. The second-order valence-electron chi connectivity index (χ2n) is 5.31. The Hall–Kier alpha value is -2.55. The van der Waals surface area contributed by atoms with E-state index in [1.165, 1.54) is 32.9 Å². The lowest BCUT2D eigenvalue weighted by Crippen LogP contribution is -2.31. The van der Waals surface area contributed by atoms with E-state index in [4.69, 9.17) is 4.74 Å². The quantitative estimate of drug-likeness (QED) is 0.335. The van der Waals surface area contributed by atoms with Crippen LogP contribution in [-0.4, -0.2) is 11.5 Å². The summed E-state index contributed by atoms with van der Waals surface area (Å²) in [5.41, 5.74) is 3.84. The van der Waals surface area contributed by atoms with Crippen LogP contribution in [0.25, 0.3) is 27.3 Å². The number of fused-ring (bicyclic) bond motifs is 3. The molecule has 0 aliphatic carbocycles. The molecule has 0 N–H and O–H groups in total. The molecule has 0 saturated carbocycles. The molecule has 0 saturated heterocycles. The first-order valence-electron chi connectivity index (χ1n) is 6.79. The van der Waals surface area contributed by atoms with E-state index in [-0.39, 0.29) is 0 Å². The molecule has 1 aliphatic rings. The van der Waals surface area contributed by atoms with Gasteiger partial charge in [-0.05, 0) is 6.07 Å². The van der Waals surface area contributed by atoms with Gasteiger partial charge in [-0.1, -0.05) is 36.4 Å². The average molecular weight is 261 g/mol. The lowest BCUT2D eigenvalue weighted by atomic mass is 10.0. The first-order chi connectivity index (χ1) is 9.88. The highest BCUT2D eigenvalue weighted by molar-refractivity contribution is 6.12. The molecule has 3 nitrogen and oxygen atoms in total. The summed E-state index contributed by atoms with van der Waals surface area (Å²) in [6.07, 6.45) is 2.09. The summed E-state index contributed by atoms with van der Waals surface area (Å²) in [5, 5.41) is 3.98. The number of benzene rings is 2. The Balaban J connectivity index is 2.20. The lowest BCUT2D eigenvalue weighted by molar-refractivity contribution is -0.662. The molecular formula is C17H13N2O+. The van der Waals surface area contributed by atoms with Crippen LogP contribution in [0, 0.1) is 0 Å². The molecule has 2 aromatic heterocycles. The average Bonchev–Trinajstić information content (AvgIpc) is 3.04. The van der Waals surface area contributed by atoms with Gasteiger partial charge >= 0.3 is 5.88 Å². The minimum Gasteiger partial charge on any atom is -0.463 e. The molecular weight excluding hydrogens is 248 g/mol. The van der Waals surface area contributed by atoms with Crippen molar-refractivity contribution in [3.8, 4) is 5.88 Å². The fraction of sp³-hybridized carbons (Fsp3) is 0.118. The number of hydrogen-bond acceptors (Lipinski definition) is 1. The first kappa shape index (κ1) is 10.3. The van der Waals surface area contributed by atoms with Crippen LogP contribution in [0.4, 0.5) is 0 Å². The molecule has 2 aromatic carbocycles. The summed E-state index contributed by atoms with van der Waals surface area (Å²) in [5.74, 6) is 0.916. The van der Waals surface area contributed by atoms with E-state index < -0.39 is 0 Å². The Kier molecular flexibility index (Phi) is 1.70. The van der Waals surface area contributed by atoms with E-state index in [0.29, 0.717) is 0 Å². The van der Waals surface area contributed by atoms with E-state index in [9.17, 15) is 0 Å². The van der Waals surface area contributed by atoms with Gasteiger partial charge < -0.3 is 4.74 Å². The number of pyridine rings is 1. The Morgan fingerprint density at radius 1 is 1.05 bits per heavy atom. The van der Waals surface area contributed by atoms with Gasteiger partial charge in [-0.2, -0.15) is 8.97 Å². The lowest BCUT2D eigenvalue weighted by Gasteiger charge is -2.02. The predicted molar refractivity (Wildman–Crippen MR) is 78.3 cm³/mol. The highest BCUT2D eigenvalue weighted by atomic mass is 16.5. The minimum atomic E-state index is 0.892. The molecule has 0 bridgehead atoms.